The Balaban J connectivity index is 1.38. The molecule has 0 spiro atoms. The number of hydrogen-bond donors (Lipinski definition) is 1. The molecule has 1 aliphatic rings. The summed E-state index contributed by atoms with van der Waals surface area (Å²) in [5, 5.41) is 12.5. The van der Waals surface area contributed by atoms with Crippen LogP contribution in [0.3, 0.4) is 0 Å². The fraction of sp³-hybridized carbons (Fsp3) is 0.387. The van der Waals surface area contributed by atoms with Crippen LogP contribution in [0.25, 0.3) is 16.8 Å². The first kappa shape index (κ1) is 26.4. The highest BCUT2D eigenvalue weighted by Gasteiger charge is 2.30. The van der Waals surface area contributed by atoms with Crippen LogP contribution in [0.4, 0.5) is 5.95 Å². The maximum Gasteiger partial charge on any atom is 0.235 e. The number of nitrogens with one attached hydrogen (secondary N) is 1. The SMILES string of the molecule is CCCc1cc2nnc(NC(=O)CC3CCN(C)CC3Cc3ccccc3)n2cc1-c1ccc(C)cc1Cl. The smallest absolute Gasteiger partial charge is 0.235 e. The largest absolute Gasteiger partial charge is 0.306 e. The molecule has 0 radical (unpaired) electrons. The van der Waals surface area contributed by atoms with E-state index < -0.39 is 0 Å². The molecule has 0 aliphatic carbocycles. The first-order valence-corrected chi connectivity index (χ1v) is 14.0. The van der Waals surface area contributed by atoms with Gasteiger partial charge in [0.1, 0.15) is 0 Å². The van der Waals surface area contributed by atoms with Crippen LogP contribution in [0.15, 0.2) is 60.8 Å². The van der Waals surface area contributed by atoms with E-state index in [0.29, 0.717) is 29.2 Å². The maximum absolute atomic E-state index is 13.3. The number of piperidine rings is 1. The van der Waals surface area contributed by atoms with Crippen LogP contribution in [0.2, 0.25) is 5.02 Å². The van der Waals surface area contributed by atoms with Gasteiger partial charge in [-0.05, 0) is 80.4 Å². The van der Waals surface area contributed by atoms with Gasteiger partial charge in [-0.25, -0.2) is 0 Å². The number of carbonyl (C=O) groups excluding carboxylic acids is 1. The number of benzene rings is 2. The average Bonchev–Trinajstić information content (AvgIpc) is 3.27. The summed E-state index contributed by atoms with van der Waals surface area (Å²) in [4.78, 5) is 15.7. The summed E-state index contributed by atoms with van der Waals surface area (Å²) in [5.41, 5.74) is 6.35. The van der Waals surface area contributed by atoms with Gasteiger partial charge in [0.05, 0.1) is 0 Å². The number of fused-ring (bicyclic) bond motifs is 1. The van der Waals surface area contributed by atoms with Gasteiger partial charge in [0, 0.05) is 35.3 Å². The monoisotopic (exact) mass is 529 g/mol. The highest BCUT2D eigenvalue weighted by atomic mass is 35.5. The normalized spacial score (nSPS) is 18.1. The van der Waals surface area contributed by atoms with Crippen molar-refractivity contribution in [2.24, 2.45) is 11.8 Å². The Labute approximate surface area is 230 Å². The summed E-state index contributed by atoms with van der Waals surface area (Å²) in [6, 6.07) is 18.8. The Hall–Kier alpha value is -3.22. The molecular weight excluding hydrogens is 494 g/mol. The van der Waals surface area contributed by atoms with Crippen LogP contribution in [-0.4, -0.2) is 45.5 Å². The number of anilines is 1. The lowest BCUT2D eigenvalue weighted by molar-refractivity contribution is -0.118. The molecule has 198 valence electrons. The molecule has 2 atom stereocenters. The van der Waals surface area contributed by atoms with Gasteiger partial charge in [0.15, 0.2) is 5.65 Å². The van der Waals surface area contributed by atoms with Gasteiger partial charge in [-0.15, -0.1) is 10.2 Å². The van der Waals surface area contributed by atoms with Gasteiger partial charge in [-0.1, -0.05) is 67.4 Å². The van der Waals surface area contributed by atoms with Gasteiger partial charge < -0.3 is 4.90 Å². The van der Waals surface area contributed by atoms with Crippen LogP contribution in [0.1, 0.15) is 42.9 Å². The number of aryl methyl sites for hydroxylation is 2. The number of aromatic nitrogens is 3. The summed E-state index contributed by atoms with van der Waals surface area (Å²) >= 11 is 6.66. The van der Waals surface area contributed by atoms with Crippen LogP contribution in [-0.2, 0) is 17.6 Å². The molecule has 6 nitrogen and oxygen atoms in total. The fourth-order valence-electron chi connectivity index (χ4n) is 5.71. The van der Waals surface area contributed by atoms with Gasteiger partial charge in [-0.3, -0.25) is 14.5 Å². The van der Waals surface area contributed by atoms with Crippen molar-refractivity contribution in [3.05, 3.63) is 82.5 Å². The molecule has 5 rings (SSSR count). The van der Waals surface area contributed by atoms with Crippen molar-refractivity contribution >= 4 is 29.1 Å². The maximum atomic E-state index is 13.3. The van der Waals surface area contributed by atoms with Crippen molar-refractivity contribution in [2.75, 3.05) is 25.5 Å². The van der Waals surface area contributed by atoms with Crippen molar-refractivity contribution in [3.8, 4) is 11.1 Å². The number of hydrogen-bond acceptors (Lipinski definition) is 4. The third-order valence-corrected chi connectivity index (χ3v) is 8.01. The quantitative estimate of drug-likeness (QED) is 0.285. The zero-order valence-electron chi connectivity index (χ0n) is 22.5. The molecule has 7 heteroatoms. The second kappa shape index (κ2) is 11.7. The van der Waals surface area contributed by atoms with E-state index in [2.05, 4.69) is 76.9 Å². The molecule has 0 bridgehead atoms. The van der Waals surface area contributed by atoms with E-state index in [0.717, 1.165) is 61.1 Å². The molecule has 1 saturated heterocycles. The number of carbonyl (C=O) groups is 1. The Kier molecular flexibility index (Phi) is 8.10. The molecule has 3 heterocycles. The van der Waals surface area contributed by atoms with Gasteiger partial charge in [-0.2, -0.15) is 0 Å². The predicted molar refractivity (Wildman–Crippen MR) is 155 cm³/mol. The first-order chi connectivity index (χ1) is 18.4. The molecule has 0 saturated carbocycles. The molecule has 1 amide bonds. The topological polar surface area (TPSA) is 62.5 Å². The van der Waals surface area contributed by atoms with Crippen molar-refractivity contribution in [2.45, 2.75) is 46.0 Å². The van der Waals surface area contributed by atoms with Crippen molar-refractivity contribution in [3.63, 3.8) is 0 Å². The van der Waals surface area contributed by atoms with Crippen molar-refractivity contribution in [1.82, 2.24) is 19.5 Å². The Bertz CT molecular complexity index is 1420. The molecule has 1 N–H and O–H groups in total. The lowest BCUT2D eigenvalue weighted by Gasteiger charge is -2.36. The molecule has 2 unspecified atom stereocenters. The zero-order chi connectivity index (χ0) is 26.6. The highest BCUT2D eigenvalue weighted by molar-refractivity contribution is 6.33. The summed E-state index contributed by atoms with van der Waals surface area (Å²) < 4.78 is 1.87. The summed E-state index contributed by atoms with van der Waals surface area (Å²) in [7, 11) is 2.17. The minimum absolute atomic E-state index is 0.0144. The number of pyridine rings is 1. The Morgan fingerprint density at radius 3 is 2.66 bits per heavy atom. The van der Waals surface area contributed by atoms with E-state index in [1.165, 1.54) is 11.1 Å². The Morgan fingerprint density at radius 1 is 1.08 bits per heavy atom. The van der Waals surface area contributed by atoms with Crippen LogP contribution in [0.5, 0.6) is 0 Å². The number of nitrogens with zero attached hydrogens (tertiary/aromatic N) is 4. The van der Waals surface area contributed by atoms with Crippen LogP contribution >= 0.6 is 11.6 Å². The van der Waals surface area contributed by atoms with E-state index in [4.69, 9.17) is 11.6 Å². The standard InChI is InChI=1S/C31H36ClN5O/c1-4-8-24-17-29-34-35-31(37(29)20-27(24)26-12-11-21(2)15-28(26)32)33-30(38)18-23-13-14-36(3)19-25(23)16-22-9-6-5-7-10-22/h5-7,9-12,15,17,20,23,25H,4,8,13-14,16,18-19H2,1-3H3,(H,33,35,38). The van der Waals surface area contributed by atoms with Gasteiger partial charge >= 0.3 is 0 Å². The van der Waals surface area contributed by atoms with Gasteiger partial charge in [0.25, 0.3) is 0 Å². The molecule has 1 fully saturated rings. The molecule has 2 aromatic carbocycles. The molecule has 4 aromatic rings. The lowest BCUT2D eigenvalue weighted by atomic mass is 9.79. The number of likely N-dealkylation sites (tertiary alicyclic amines) is 1. The van der Waals surface area contributed by atoms with Gasteiger partial charge in [0.2, 0.25) is 11.9 Å². The van der Waals surface area contributed by atoms with E-state index in [1.807, 2.05) is 29.7 Å². The van der Waals surface area contributed by atoms with E-state index in [1.54, 1.807) is 0 Å². The predicted octanol–water partition coefficient (Wildman–Crippen LogP) is 6.45. The fourth-order valence-corrected chi connectivity index (χ4v) is 6.05. The van der Waals surface area contributed by atoms with E-state index in [9.17, 15) is 4.79 Å². The summed E-state index contributed by atoms with van der Waals surface area (Å²) in [6.07, 6.45) is 6.40. The molecular formula is C31H36ClN5O. The van der Waals surface area contributed by atoms with Crippen LogP contribution < -0.4 is 5.32 Å². The van der Waals surface area contributed by atoms with Crippen LogP contribution in [0, 0.1) is 18.8 Å². The van der Waals surface area contributed by atoms with Crippen molar-refractivity contribution < 1.29 is 4.79 Å². The summed E-state index contributed by atoms with van der Waals surface area (Å²) in [6.45, 7) is 6.21. The molecule has 2 aromatic heterocycles. The number of halogens is 1. The second-order valence-electron chi connectivity index (χ2n) is 10.7. The van der Waals surface area contributed by atoms with Crippen molar-refractivity contribution in [1.29, 1.82) is 0 Å². The third-order valence-electron chi connectivity index (χ3n) is 7.70. The zero-order valence-corrected chi connectivity index (χ0v) is 23.2. The molecule has 1 aliphatic heterocycles. The average molecular weight is 530 g/mol. The van der Waals surface area contributed by atoms with E-state index >= 15 is 0 Å². The third kappa shape index (κ3) is 5.92. The Morgan fingerprint density at radius 2 is 1.89 bits per heavy atom. The molecule has 38 heavy (non-hydrogen) atoms. The minimum atomic E-state index is -0.0144. The lowest BCUT2D eigenvalue weighted by Crippen LogP contribution is -2.40. The minimum Gasteiger partial charge on any atom is -0.306 e. The highest BCUT2D eigenvalue weighted by Crippen LogP contribution is 2.33. The number of rotatable bonds is 8. The second-order valence-corrected chi connectivity index (χ2v) is 11.1. The first-order valence-electron chi connectivity index (χ1n) is 13.6. The number of amides is 1. The van der Waals surface area contributed by atoms with E-state index in [-0.39, 0.29) is 5.91 Å². The summed E-state index contributed by atoms with van der Waals surface area (Å²) in [5.74, 6) is 1.19.